The maximum Gasteiger partial charge on any atom is 0.148 e. The van der Waals surface area contributed by atoms with Crippen LogP contribution in [0.4, 0.5) is 8.78 Å². The molecule has 1 N–H and O–H groups in total. The van der Waals surface area contributed by atoms with Crippen molar-refractivity contribution < 1.29 is 18.7 Å². The van der Waals surface area contributed by atoms with Crippen molar-refractivity contribution in [2.24, 2.45) is 29.1 Å². The predicted octanol–water partition coefficient (Wildman–Crippen LogP) is 5.15. The molecule has 4 aliphatic carbocycles. The van der Waals surface area contributed by atoms with Gasteiger partial charge >= 0.3 is 0 Å². The third kappa shape index (κ3) is 2.51. The summed E-state index contributed by atoms with van der Waals surface area (Å²) in [5, 5.41) is 10.7. The summed E-state index contributed by atoms with van der Waals surface area (Å²) in [6.07, 6.45) is 4.65. The molecule has 26 heavy (non-hydrogen) atoms. The summed E-state index contributed by atoms with van der Waals surface area (Å²) in [4.78, 5) is 12.4. The van der Waals surface area contributed by atoms with Crippen molar-refractivity contribution in [1.29, 1.82) is 0 Å². The minimum absolute atomic E-state index is 0.0567. The number of aliphatic hydroxyl groups is 1. The van der Waals surface area contributed by atoms with Gasteiger partial charge in [-0.3, -0.25) is 4.79 Å². The van der Waals surface area contributed by atoms with Crippen molar-refractivity contribution in [2.75, 3.05) is 5.33 Å². The molecule has 4 fully saturated rings. The molecule has 8 atom stereocenters. The fraction of sp³-hybridized carbons (Fsp3) is 0.952. The molecule has 1 unspecified atom stereocenters. The number of Topliss-reactive ketones (excluding diaryl/α,β-unsaturated/α-hetero) is 1. The van der Waals surface area contributed by atoms with Crippen LogP contribution in [0.3, 0.4) is 0 Å². The topological polar surface area (TPSA) is 37.3 Å². The molecule has 0 saturated heterocycles. The van der Waals surface area contributed by atoms with E-state index in [2.05, 4.69) is 22.9 Å². The van der Waals surface area contributed by atoms with Crippen LogP contribution < -0.4 is 0 Å². The number of alkyl halides is 3. The normalized spacial score (nSPS) is 56.4. The summed E-state index contributed by atoms with van der Waals surface area (Å²) in [5.74, 6) is 0.584. The highest BCUT2D eigenvalue weighted by atomic mass is 79.9. The van der Waals surface area contributed by atoms with E-state index in [9.17, 15) is 9.90 Å². The Bertz CT molecular complexity index is 611. The van der Waals surface area contributed by atoms with Crippen LogP contribution in [0, 0.1) is 29.1 Å². The van der Waals surface area contributed by atoms with E-state index < -0.39 is 16.9 Å². The Labute approximate surface area is 163 Å². The average Bonchev–Trinajstić information content (AvgIpc) is 2.92. The van der Waals surface area contributed by atoms with Crippen molar-refractivity contribution in [3.63, 3.8) is 0 Å². The quantitative estimate of drug-likeness (QED) is 0.612. The van der Waals surface area contributed by atoms with Crippen molar-refractivity contribution >= 4 is 21.7 Å². The number of hydrogen-bond acceptors (Lipinski definition) is 2. The van der Waals surface area contributed by atoms with Crippen molar-refractivity contribution in [1.82, 2.24) is 0 Å². The van der Waals surface area contributed by atoms with Gasteiger partial charge in [-0.15, -0.1) is 0 Å². The summed E-state index contributed by atoms with van der Waals surface area (Å²) >= 11 is 3.32. The van der Waals surface area contributed by atoms with Crippen molar-refractivity contribution in [3.8, 4) is 0 Å². The fourth-order valence-electron chi connectivity index (χ4n) is 7.60. The maximum absolute atomic E-state index is 16.2. The number of rotatable bonds is 2. The van der Waals surface area contributed by atoms with Crippen molar-refractivity contribution in [2.45, 2.75) is 88.6 Å². The lowest BCUT2D eigenvalue weighted by atomic mass is 9.47. The number of hydrogen-bond donors (Lipinski definition) is 1. The van der Waals surface area contributed by atoms with Crippen LogP contribution in [0.25, 0.3) is 0 Å². The summed E-state index contributed by atoms with van der Waals surface area (Å²) in [7, 11) is 0. The van der Waals surface area contributed by atoms with Gasteiger partial charge in [-0.05, 0) is 81.5 Å². The van der Waals surface area contributed by atoms with Crippen LogP contribution in [0.5, 0.6) is 0 Å². The Morgan fingerprint density at radius 1 is 1.04 bits per heavy atom. The molecule has 148 valence electrons. The molecule has 0 aliphatic heterocycles. The number of carbonyl (C=O) groups excluding carboxylic acids is 1. The van der Waals surface area contributed by atoms with Gasteiger partial charge in [0, 0.05) is 12.3 Å². The van der Waals surface area contributed by atoms with E-state index in [0.717, 1.165) is 19.3 Å². The van der Waals surface area contributed by atoms with E-state index in [0.29, 0.717) is 30.5 Å². The highest BCUT2D eigenvalue weighted by Crippen LogP contribution is 2.68. The highest BCUT2D eigenvalue weighted by Gasteiger charge is 2.69. The monoisotopic (exact) mass is 432 g/mol. The predicted molar refractivity (Wildman–Crippen MR) is 101 cm³/mol. The van der Waals surface area contributed by atoms with Gasteiger partial charge in [-0.2, -0.15) is 0 Å². The summed E-state index contributed by atoms with van der Waals surface area (Å²) in [5.41, 5.74) is -4.86. The van der Waals surface area contributed by atoms with E-state index in [-0.39, 0.29) is 48.2 Å². The minimum Gasteiger partial charge on any atom is -0.390 e. The standard InChI is InChI=1S/C21H31BrF2O2/c1-18(26)9-10-21(24)15-6-7-19(2)14(3-4-16(19)17(25)11-22)13(15)5-8-20(21,23)12-18/h13-16,26H,3-12H2,1-2H3/t13-,14-,15?,16+,18+,19-,20-,21-/m0/s1. The summed E-state index contributed by atoms with van der Waals surface area (Å²) < 4.78 is 32.0. The van der Waals surface area contributed by atoms with Crippen LogP contribution >= 0.6 is 15.9 Å². The van der Waals surface area contributed by atoms with Crippen LogP contribution in [0.1, 0.15) is 71.6 Å². The van der Waals surface area contributed by atoms with Gasteiger partial charge in [0.05, 0.1) is 10.9 Å². The third-order valence-corrected chi connectivity index (χ3v) is 9.41. The summed E-state index contributed by atoms with van der Waals surface area (Å²) in [6, 6.07) is 0. The number of fused-ring (bicyclic) bond motifs is 5. The first-order chi connectivity index (χ1) is 12.1. The van der Waals surface area contributed by atoms with E-state index in [1.165, 1.54) is 0 Å². The minimum atomic E-state index is -1.90. The number of carbonyl (C=O) groups is 1. The average molecular weight is 433 g/mol. The zero-order valence-corrected chi connectivity index (χ0v) is 17.5. The van der Waals surface area contributed by atoms with E-state index in [1.54, 1.807) is 6.92 Å². The molecule has 0 spiro atoms. The highest BCUT2D eigenvalue weighted by molar-refractivity contribution is 9.09. The zero-order chi connectivity index (χ0) is 19.0. The molecule has 0 amide bonds. The SMILES string of the molecule is C[C@@]1(O)CC[C@]2(F)C3CC[C@]4(C)[C@@H](C(=O)CBr)CC[C@H]4[C@@H]3CC[C@]2(F)C1. The Kier molecular flexibility index (Phi) is 4.44. The lowest BCUT2D eigenvalue weighted by Gasteiger charge is -2.61. The molecule has 0 aromatic rings. The molecule has 0 heterocycles. The van der Waals surface area contributed by atoms with Gasteiger partial charge in [0.1, 0.15) is 17.1 Å². The second-order valence-corrected chi connectivity index (χ2v) is 10.8. The van der Waals surface area contributed by atoms with Gasteiger partial charge in [-0.1, -0.05) is 22.9 Å². The van der Waals surface area contributed by atoms with Gasteiger partial charge in [-0.25, -0.2) is 8.78 Å². The molecular weight excluding hydrogens is 402 g/mol. The molecular formula is C21H31BrF2O2. The molecule has 0 aromatic heterocycles. The molecule has 0 radical (unpaired) electrons. The molecule has 4 rings (SSSR count). The lowest BCUT2D eigenvalue weighted by Crippen LogP contribution is -2.66. The lowest BCUT2D eigenvalue weighted by molar-refractivity contribution is -0.217. The van der Waals surface area contributed by atoms with Gasteiger partial charge < -0.3 is 5.11 Å². The Morgan fingerprint density at radius 3 is 2.46 bits per heavy atom. The Balaban J connectivity index is 1.63. The van der Waals surface area contributed by atoms with Crippen molar-refractivity contribution in [3.05, 3.63) is 0 Å². The first-order valence-electron chi connectivity index (χ1n) is 10.3. The molecule has 5 heteroatoms. The van der Waals surface area contributed by atoms with E-state index in [4.69, 9.17) is 0 Å². The largest absolute Gasteiger partial charge is 0.390 e. The van der Waals surface area contributed by atoms with Gasteiger partial charge in [0.2, 0.25) is 0 Å². The molecule has 0 bridgehead atoms. The Morgan fingerprint density at radius 2 is 1.77 bits per heavy atom. The summed E-state index contributed by atoms with van der Waals surface area (Å²) in [6.45, 7) is 3.87. The first kappa shape index (κ1) is 19.3. The van der Waals surface area contributed by atoms with Gasteiger partial charge in [0.25, 0.3) is 0 Å². The Hall–Kier alpha value is -0.0300. The fourth-order valence-corrected chi connectivity index (χ4v) is 7.99. The molecule has 0 aromatic carbocycles. The molecule has 2 nitrogen and oxygen atoms in total. The van der Waals surface area contributed by atoms with E-state index in [1.807, 2.05) is 0 Å². The van der Waals surface area contributed by atoms with Gasteiger partial charge in [0.15, 0.2) is 0 Å². The molecule has 4 saturated carbocycles. The zero-order valence-electron chi connectivity index (χ0n) is 15.9. The second kappa shape index (κ2) is 5.98. The van der Waals surface area contributed by atoms with Crippen LogP contribution in [0.2, 0.25) is 0 Å². The first-order valence-corrected chi connectivity index (χ1v) is 11.4. The number of ketones is 1. The van der Waals surface area contributed by atoms with Crippen LogP contribution in [-0.4, -0.2) is 33.2 Å². The van der Waals surface area contributed by atoms with Crippen LogP contribution in [0.15, 0.2) is 0 Å². The maximum atomic E-state index is 16.2. The second-order valence-electron chi connectivity index (χ2n) is 10.2. The number of halogens is 3. The van der Waals surface area contributed by atoms with E-state index >= 15 is 8.78 Å². The third-order valence-electron chi connectivity index (χ3n) is 8.85. The van der Waals surface area contributed by atoms with Crippen LogP contribution in [-0.2, 0) is 4.79 Å². The molecule has 4 aliphatic rings. The smallest absolute Gasteiger partial charge is 0.148 e.